The number of nitrogens with zero attached hydrogens (tertiary/aromatic N) is 5. The number of hydrogen-bond donors (Lipinski definition) is 3. The van der Waals surface area contributed by atoms with Gasteiger partial charge in [-0.3, -0.25) is 4.98 Å². The van der Waals surface area contributed by atoms with E-state index in [2.05, 4.69) is 55.9 Å². The summed E-state index contributed by atoms with van der Waals surface area (Å²) >= 11 is 0. The van der Waals surface area contributed by atoms with Crippen molar-refractivity contribution in [2.75, 3.05) is 0 Å². The van der Waals surface area contributed by atoms with Crippen molar-refractivity contribution >= 4 is 5.84 Å². The summed E-state index contributed by atoms with van der Waals surface area (Å²) in [6.07, 6.45) is 4.09. The Morgan fingerprint density at radius 3 is 2.53 bits per heavy atom. The van der Waals surface area contributed by atoms with Crippen LogP contribution in [0.2, 0.25) is 0 Å². The Morgan fingerprint density at radius 1 is 1.19 bits per heavy atom. The molecule has 0 bridgehead atoms. The van der Waals surface area contributed by atoms with E-state index in [9.17, 15) is 0 Å². The number of hydrogen-bond acceptors (Lipinski definition) is 6. The van der Waals surface area contributed by atoms with Gasteiger partial charge in [0.25, 0.3) is 0 Å². The third-order valence-corrected chi connectivity index (χ3v) is 5.49. The quantitative estimate of drug-likeness (QED) is 0.226. The van der Waals surface area contributed by atoms with Gasteiger partial charge in [-0.15, -0.1) is 0 Å². The number of pyridine rings is 1. The van der Waals surface area contributed by atoms with E-state index in [0.29, 0.717) is 5.84 Å². The molecule has 1 atom stereocenters. The van der Waals surface area contributed by atoms with Crippen molar-refractivity contribution in [1.82, 2.24) is 25.2 Å². The molecule has 8 heteroatoms. The van der Waals surface area contributed by atoms with Crippen LogP contribution in [0.15, 0.2) is 47.7 Å². The number of aryl methyl sites for hydroxylation is 1. The van der Waals surface area contributed by atoms with Crippen LogP contribution in [0.5, 0.6) is 0 Å². The van der Waals surface area contributed by atoms with Crippen molar-refractivity contribution in [3.05, 3.63) is 65.4 Å². The van der Waals surface area contributed by atoms with Crippen molar-refractivity contribution in [2.24, 2.45) is 16.8 Å². The average Bonchev–Trinajstić information content (AvgIpc) is 3.23. The first-order valence-corrected chi connectivity index (χ1v) is 11.1. The molecule has 0 saturated heterocycles. The molecule has 0 aliphatic heterocycles. The van der Waals surface area contributed by atoms with E-state index in [1.54, 1.807) is 0 Å². The molecule has 0 aliphatic carbocycles. The Bertz CT molecular complexity index is 1060. The summed E-state index contributed by atoms with van der Waals surface area (Å²) in [6, 6.07) is 11.8. The number of hydrazone groups is 1. The van der Waals surface area contributed by atoms with Gasteiger partial charge in [0.1, 0.15) is 5.82 Å². The minimum atomic E-state index is -0.100. The maximum absolute atomic E-state index is 5.58. The number of aromatic nitrogens is 4. The molecule has 2 aromatic heterocycles. The van der Waals surface area contributed by atoms with Gasteiger partial charge in [-0.05, 0) is 18.1 Å². The van der Waals surface area contributed by atoms with Crippen LogP contribution in [0, 0.1) is 0 Å². The van der Waals surface area contributed by atoms with Gasteiger partial charge in [0.2, 0.25) is 0 Å². The molecule has 2 heterocycles. The Hall–Kier alpha value is -3.26. The fourth-order valence-corrected chi connectivity index (χ4v) is 3.53. The molecule has 5 N–H and O–H groups in total. The fraction of sp³-hybridized carbons (Fsp3) is 0.417. The minimum absolute atomic E-state index is 0.0686. The molecule has 1 unspecified atom stereocenters. The lowest BCUT2D eigenvalue weighted by Crippen LogP contribution is -2.32. The molecule has 0 radical (unpaired) electrons. The maximum Gasteiger partial charge on any atom is 0.167 e. The topological polar surface area (TPSA) is 120 Å². The largest absolute Gasteiger partial charge is 0.321 e. The van der Waals surface area contributed by atoms with E-state index in [4.69, 9.17) is 26.8 Å². The predicted octanol–water partition coefficient (Wildman–Crippen LogP) is 3.67. The van der Waals surface area contributed by atoms with E-state index in [-0.39, 0.29) is 11.3 Å². The van der Waals surface area contributed by atoms with Crippen molar-refractivity contribution in [2.45, 2.75) is 65.3 Å². The Balaban J connectivity index is 1.95. The Kier molecular flexibility index (Phi) is 7.25. The van der Waals surface area contributed by atoms with Crippen LogP contribution < -0.4 is 17.1 Å². The SMILES string of the molecule is CCCCn1nc(C(C)(C)C)nc1C(C)c1ccc(-c2ccccc2C(=NN)NN)nc1. The highest BCUT2D eigenvalue weighted by molar-refractivity contribution is 6.03. The number of rotatable bonds is 7. The standard InChI is InChI=1S/C24H34N8/c1-6-7-14-32-22(28-23(31-32)24(3,4)5)16(2)17-12-13-20(27-15-17)18-10-8-9-11-19(18)21(29-25)30-26/h8-13,15-16H,6-7,14,25-26H2,1-5H3,(H,29,30). The van der Waals surface area contributed by atoms with E-state index in [0.717, 1.165) is 53.4 Å². The molecule has 170 valence electrons. The Labute approximate surface area is 190 Å². The lowest BCUT2D eigenvalue weighted by molar-refractivity contribution is 0.505. The Morgan fingerprint density at radius 2 is 1.94 bits per heavy atom. The molecule has 1 aromatic carbocycles. The smallest absolute Gasteiger partial charge is 0.167 e. The first-order chi connectivity index (χ1) is 15.3. The molecule has 0 aliphatic rings. The average molecular weight is 435 g/mol. The van der Waals surface area contributed by atoms with E-state index >= 15 is 0 Å². The minimum Gasteiger partial charge on any atom is -0.321 e. The van der Waals surface area contributed by atoms with Gasteiger partial charge in [0, 0.05) is 35.2 Å². The molecule has 0 amide bonds. The van der Waals surface area contributed by atoms with Crippen LogP contribution in [0.25, 0.3) is 11.3 Å². The van der Waals surface area contributed by atoms with Gasteiger partial charge < -0.3 is 11.3 Å². The second-order valence-corrected chi connectivity index (χ2v) is 8.99. The lowest BCUT2D eigenvalue weighted by atomic mass is 9.96. The summed E-state index contributed by atoms with van der Waals surface area (Å²) in [5, 5.41) is 8.56. The van der Waals surface area contributed by atoms with E-state index < -0.39 is 0 Å². The zero-order chi connectivity index (χ0) is 23.3. The van der Waals surface area contributed by atoms with Crippen LogP contribution in [0.3, 0.4) is 0 Å². The number of nitrogens with two attached hydrogens (primary N) is 2. The molecular weight excluding hydrogens is 400 g/mol. The number of unbranched alkanes of at least 4 members (excludes halogenated alkanes) is 1. The van der Waals surface area contributed by atoms with Crippen molar-refractivity contribution in [3.63, 3.8) is 0 Å². The van der Waals surface area contributed by atoms with Crippen LogP contribution >= 0.6 is 0 Å². The van der Waals surface area contributed by atoms with Crippen LogP contribution in [0.1, 0.15) is 76.2 Å². The summed E-state index contributed by atoms with van der Waals surface area (Å²) < 4.78 is 2.06. The van der Waals surface area contributed by atoms with Gasteiger partial charge in [-0.1, -0.05) is 71.4 Å². The normalized spacial score (nSPS) is 13.2. The van der Waals surface area contributed by atoms with E-state index in [1.165, 1.54) is 0 Å². The number of nitrogens with one attached hydrogen (secondary N) is 1. The summed E-state index contributed by atoms with van der Waals surface area (Å²) in [4.78, 5) is 9.66. The summed E-state index contributed by atoms with van der Waals surface area (Å²) in [7, 11) is 0. The predicted molar refractivity (Wildman–Crippen MR) is 129 cm³/mol. The highest BCUT2D eigenvalue weighted by Gasteiger charge is 2.25. The highest BCUT2D eigenvalue weighted by Crippen LogP contribution is 2.28. The molecule has 3 rings (SSSR count). The van der Waals surface area contributed by atoms with Crippen molar-refractivity contribution in [1.29, 1.82) is 0 Å². The van der Waals surface area contributed by atoms with Gasteiger partial charge in [0.15, 0.2) is 11.7 Å². The second kappa shape index (κ2) is 9.91. The summed E-state index contributed by atoms with van der Waals surface area (Å²) in [5.41, 5.74) is 6.04. The third kappa shape index (κ3) is 4.96. The molecule has 0 fully saturated rings. The molecular formula is C24H34N8. The van der Waals surface area contributed by atoms with Gasteiger partial charge >= 0.3 is 0 Å². The first-order valence-electron chi connectivity index (χ1n) is 11.1. The van der Waals surface area contributed by atoms with Gasteiger partial charge in [-0.25, -0.2) is 15.5 Å². The van der Waals surface area contributed by atoms with Crippen LogP contribution in [-0.2, 0) is 12.0 Å². The van der Waals surface area contributed by atoms with Gasteiger partial charge in [-0.2, -0.15) is 10.2 Å². The third-order valence-electron chi connectivity index (χ3n) is 5.49. The summed E-state index contributed by atoms with van der Waals surface area (Å²) in [5.74, 6) is 13.4. The zero-order valence-corrected chi connectivity index (χ0v) is 19.6. The van der Waals surface area contributed by atoms with E-state index in [1.807, 2.05) is 36.5 Å². The van der Waals surface area contributed by atoms with Crippen molar-refractivity contribution < 1.29 is 0 Å². The molecule has 32 heavy (non-hydrogen) atoms. The molecule has 0 spiro atoms. The number of amidine groups is 1. The number of hydrazine groups is 1. The summed E-state index contributed by atoms with van der Waals surface area (Å²) in [6.45, 7) is 11.6. The molecule has 8 nitrogen and oxygen atoms in total. The zero-order valence-electron chi connectivity index (χ0n) is 19.6. The van der Waals surface area contributed by atoms with Crippen LogP contribution in [0.4, 0.5) is 0 Å². The monoisotopic (exact) mass is 434 g/mol. The molecule has 3 aromatic rings. The highest BCUT2D eigenvalue weighted by atomic mass is 15.4. The molecule has 0 saturated carbocycles. The van der Waals surface area contributed by atoms with Crippen molar-refractivity contribution in [3.8, 4) is 11.3 Å². The number of benzene rings is 1. The maximum atomic E-state index is 5.58. The first kappa shape index (κ1) is 23.4. The fourth-order valence-electron chi connectivity index (χ4n) is 3.53. The van der Waals surface area contributed by atoms with Gasteiger partial charge in [0.05, 0.1) is 5.69 Å². The second-order valence-electron chi connectivity index (χ2n) is 8.99. The van der Waals surface area contributed by atoms with Crippen LogP contribution in [-0.4, -0.2) is 25.6 Å². The lowest BCUT2D eigenvalue weighted by Gasteiger charge is -2.14.